The van der Waals surface area contributed by atoms with Gasteiger partial charge in [-0.15, -0.1) is 0 Å². The number of carbonyl (C=O) groups excluding carboxylic acids is 1. The van der Waals surface area contributed by atoms with Crippen molar-refractivity contribution in [2.75, 3.05) is 26.4 Å². The van der Waals surface area contributed by atoms with Crippen LogP contribution in [0.15, 0.2) is 18.2 Å². The summed E-state index contributed by atoms with van der Waals surface area (Å²) in [4.78, 5) is 24.3. The van der Waals surface area contributed by atoms with Crippen LogP contribution in [0.4, 0.5) is 4.39 Å². The summed E-state index contributed by atoms with van der Waals surface area (Å²) in [5, 5.41) is 9.08. The summed E-state index contributed by atoms with van der Waals surface area (Å²) in [5.74, 6) is -1.99. The molecule has 1 aromatic carbocycles. The van der Waals surface area contributed by atoms with Gasteiger partial charge in [-0.2, -0.15) is 0 Å². The van der Waals surface area contributed by atoms with Crippen molar-refractivity contribution in [3.8, 4) is 5.75 Å². The predicted octanol–water partition coefficient (Wildman–Crippen LogP) is 1.17. The zero-order valence-corrected chi connectivity index (χ0v) is 11.7. The van der Waals surface area contributed by atoms with Crippen LogP contribution in [0, 0.1) is 5.82 Å². The zero-order chi connectivity index (χ0) is 15.4. The minimum Gasteiger partial charge on any atom is -0.482 e. The second kappa shape index (κ2) is 6.73. The maximum absolute atomic E-state index is 12.9. The number of ether oxygens (including phenoxy) is 2. The Hall–Kier alpha value is -1.86. The smallest absolute Gasteiger partial charge is 0.328 e. The van der Waals surface area contributed by atoms with Gasteiger partial charge in [0.05, 0.1) is 18.2 Å². The topological polar surface area (TPSA) is 76.1 Å². The second-order valence-corrected chi connectivity index (χ2v) is 4.79. The van der Waals surface area contributed by atoms with E-state index in [4.69, 9.17) is 26.2 Å². The number of aliphatic carboxylic acids is 1. The Morgan fingerprint density at radius 1 is 1.52 bits per heavy atom. The fourth-order valence-electron chi connectivity index (χ4n) is 1.92. The number of rotatable bonds is 4. The highest BCUT2D eigenvalue weighted by molar-refractivity contribution is 6.32. The van der Waals surface area contributed by atoms with Gasteiger partial charge < -0.3 is 19.5 Å². The molecule has 1 N–H and O–H groups in total. The zero-order valence-electron chi connectivity index (χ0n) is 10.9. The molecular formula is C13H13ClFNO5. The monoisotopic (exact) mass is 317 g/mol. The first-order valence-electron chi connectivity index (χ1n) is 6.17. The van der Waals surface area contributed by atoms with Gasteiger partial charge in [-0.25, -0.2) is 9.18 Å². The number of carboxylic acids is 1. The molecule has 6 nitrogen and oxygen atoms in total. The van der Waals surface area contributed by atoms with E-state index in [0.717, 1.165) is 12.1 Å². The van der Waals surface area contributed by atoms with Crippen molar-refractivity contribution in [1.29, 1.82) is 0 Å². The van der Waals surface area contributed by atoms with Gasteiger partial charge in [0.2, 0.25) is 0 Å². The molecule has 114 valence electrons. The number of nitrogens with zero attached hydrogens (tertiary/aromatic N) is 1. The standard InChI is InChI=1S/C13H13ClFNO5/c14-9-5-8(15)1-2-11(9)21-7-12(17)16-3-4-20-6-10(16)13(18)19/h1-2,5,10H,3-4,6-7H2,(H,18,19)/t10-/m0/s1. The Bertz CT molecular complexity index is 553. The molecule has 0 spiro atoms. The van der Waals surface area contributed by atoms with Crippen molar-refractivity contribution < 1.29 is 28.6 Å². The van der Waals surface area contributed by atoms with Crippen LogP contribution in [-0.2, 0) is 14.3 Å². The molecular weight excluding hydrogens is 305 g/mol. The Morgan fingerprint density at radius 2 is 2.29 bits per heavy atom. The van der Waals surface area contributed by atoms with Gasteiger partial charge >= 0.3 is 5.97 Å². The van der Waals surface area contributed by atoms with Crippen molar-refractivity contribution in [2.45, 2.75) is 6.04 Å². The summed E-state index contributed by atoms with van der Waals surface area (Å²) >= 11 is 5.77. The molecule has 1 atom stereocenters. The predicted molar refractivity (Wildman–Crippen MR) is 70.9 cm³/mol. The Morgan fingerprint density at radius 3 is 2.95 bits per heavy atom. The Kier molecular flexibility index (Phi) is 4.98. The summed E-state index contributed by atoms with van der Waals surface area (Å²) in [5.41, 5.74) is 0. The summed E-state index contributed by atoms with van der Waals surface area (Å²) in [6.07, 6.45) is 0. The average Bonchev–Trinajstić information content (AvgIpc) is 2.46. The highest BCUT2D eigenvalue weighted by Crippen LogP contribution is 2.24. The molecule has 1 fully saturated rings. The molecule has 0 radical (unpaired) electrons. The van der Waals surface area contributed by atoms with Gasteiger partial charge in [-0.05, 0) is 18.2 Å². The molecule has 1 heterocycles. The maximum atomic E-state index is 12.9. The van der Waals surface area contributed by atoms with Crippen LogP contribution in [0.5, 0.6) is 5.75 Å². The molecule has 21 heavy (non-hydrogen) atoms. The first kappa shape index (κ1) is 15.5. The van der Waals surface area contributed by atoms with E-state index in [1.165, 1.54) is 11.0 Å². The lowest BCUT2D eigenvalue weighted by Crippen LogP contribution is -2.53. The van der Waals surface area contributed by atoms with Crippen LogP contribution < -0.4 is 4.74 Å². The number of hydrogen-bond acceptors (Lipinski definition) is 4. The fraction of sp³-hybridized carbons (Fsp3) is 0.385. The molecule has 0 unspecified atom stereocenters. The van der Waals surface area contributed by atoms with E-state index in [9.17, 15) is 14.0 Å². The minimum absolute atomic E-state index is 0.0413. The lowest BCUT2D eigenvalue weighted by atomic mass is 10.2. The van der Waals surface area contributed by atoms with E-state index in [2.05, 4.69) is 0 Å². The molecule has 8 heteroatoms. The second-order valence-electron chi connectivity index (χ2n) is 4.38. The van der Waals surface area contributed by atoms with E-state index in [1.807, 2.05) is 0 Å². The van der Waals surface area contributed by atoms with Crippen LogP contribution >= 0.6 is 11.6 Å². The number of carboxylic acid groups (broad SMARTS) is 1. The first-order valence-corrected chi connectivity index (χ1v) is 6.54. The summed E-state index contributed by atoms with van der Waals surface area (Å²) < 4.78 is 23.1. The van der Waals surface area contributed by atoms with Crippen molar-refractivity contribution in [3.05, 3.63) is 29.0 Å². The lowest BCUT2D eigenvalue weighted by molar-refractivity contribution is -0.159. The molecule has 1 amide bonds. The van der Waals surface area contributed by atoms with Crippen LogP contribution in [0.3, 0.4) is 0 Å². The largest absolute Gasteiger partial charge is 0.482 e. The minimum atomic E-state index is -1.14. The van der Waals surface area contributed by atoms with Crippen molar-refractivity contribution in [3.63, 3.8) is 0 Å². The number of carbonyl (C=O) groups is 2. The number of benzene rings is 1. The van der Waals surface area contributed by atoms with Crippen LogP contribution in [0.1, 0.15) is 0 Å². The van der Waals surface area contributed by atoms with Gasteiger partial charge in [0, 0.05) is 6.54 Å². The van der Waals surface area contributed by atoms with Crippen LogP contribution in [0.25, 0.3) is 0 Å². The third-order valence-electron chi connectivity index (χ3n) is 2.98. The molecule has 0 aromatic heterocycles. The van der Waals surface area contributed by atoms with Gasteiger partial charge in [0.25, 0.3) is 5.91 Å². The number of hydrogen-bond donors (Lipinski definition) is 1. The third kappa shape index (κ3) is 3.83. The normalized spacial score (nSPS) is 18.4. The SMILES string of the molecule is O=C(O)[C@@H]1COCCN1C(=O)COc1ccc(F)cc1Cl. The number of halogens is 2. The molecule has 1 aliphatic heterocycles. The molecule has 0 saturated carbocycles. The van der Waals surface area contributed by atoms with E-state index in [0.29, 0.717) is 0 Å². The van der Waals surface area contributed by atoms with Crippen molar-refractivity contribution >= 4 is 23.5 Å². The maximum Gasteiger partial charge on any atom is 0.328 e. The molecule has 2 rings (SSSR count). The molecule has 1 aromatic rings. The van der Waals surface area contributed by atoms with Crippen LogP contribution in [-0.4, -0.2) is 54.3 Å². The molecule has 1 aliphatic rings. The molecule has 0 aliphatic carbocycles. The van der Waals surface area contributed by atoms with Gasteiger partial charge in [0.1, 0.15) is 11.6 Å². The highest BCUT2D eigenvalue weighted by Gasteiger charge is 2.32. The van der Waals surface area contributed by atoms with E-state index >= 15 is 0 Å². The van der Waals surface area contributed by atoms with E-state index in [1.54, 1.807) is 0 Å². The lowest BCUT2D eigenvalue weighted by Gasteiger charge is -2.32. The third-order valence-corrected chi connectivity index (χ3v) is 3.27. The number of amides is 1. The van der Waals surface area contributed by atoms with Crippen LogP contribution in [0.2, 0.25) is 5.02 Å². The highest BCUT2D eigenvalue weighted by atomic mass is 35.5. The molecule has 1 saturated heterocycles. The van der Waals surface area contributed by atoms with E-state index in [-0.39, 0.29) is 37.1 Å². The van der Waals surface area contributed by atoms with Gasteiger partial charge in [0.15, 0.2) is 12.6 Å². The van der Waals surface area contributed by atoms with E-state index < -0.39 is 23.7 Å². The number of morpholine rings is 1. The Balaban J connectivity index is 1.98. The fourth-order valence-corrected chi connectivity index (χ4v) is 2.14. The summed E-state index contributed by atoms with van der Waals surface area (Å²) in [6, 6.07) is 2.49. The summed E-state index contributed by atoms with van der Waals surface area (Å²) in [7, 11) is 0. The average molecular weight is 318 g/mol. The van der Waals surface area contributed by atoms with Gasteiger partial charge in [-0.1, -0.05) is 11.6 Å². The Labute approximate surface area is 125 Å². The van der Waals surface area contributed by atoms with Crippen molar-refractivity contribution in [2.24, 2.45) is 0 Å². The molecule has 0 bridgehead atoms. The van der Waals surface area contributed by atoms with Gasteiger partial charge in [-0.3, -0.25) is 4.79 Å². The summed E-state index contributed by atoms with van der Waals surface area (Å²) in [6.45, 7) is 0.0106. The first-order chi connectivity index (χ1) is 9.99. The van der Waals surface area contributed by atoms with Crippen molar-refractivity contribution in [1.82, 2.24) is 4.90 Å². The quantitative estimate of drug-likeness (QED) is 0.902.